The Kier molecular flexibility index (Phi) is 3.38. The van der Waals surface area contributed by atoms with Crippen LogP contribution in [0.1, 0.15) is 31.2 Å². The van der Waals surface area contributed by atoms with E-state index in [1.807, 2.05) is 18.3 Å². The molecule has 3 heteroatoms. The number of aliphatic hydroxyl groups is 1. The van der Waals surface area contributed by atoms with Crippen molar-refractivity contribution in [2.45, 2.75) is 44.8 Å². The minimum Gasteiger partial charge on any atom is -0.391 e. The van der Waals surface area contributed by atoms with E-state index in [9.17, 15) is 5.11 Å². The van der Waals surface area contributed by atoms with Crippen molar-refractivity contribution in [3.05, 3.63) is 36.0 Å². The van der Waals surface area contributed by atoms with Gasteiger partial charge in [-0.1, -0.05) is 24.5 Å². The first-order valence-electron chi connectivity index (χ1n) is 7.04. The molecule has 19 heavy (non-hydrogen) atoms. The molecule has 2 atom stereocenters. The molecule has 0 saturated heterocycles. The van der Waals surface area contributed by atoms with Gasteiger partial charge in [-0.05, 0) is 38.0 Å². The number of aryl methyl sites for hydroxylation is 1. The fraction of sp³-hybridized carbons (Fsp3) is 0.438. The van der Waals surface area contributed by atoms with E-state index in [1.165, 1.54) is 12.0 Å². The Bertz CT molecular complexity index is 582. The zero-order chi connectivity index (χ0) is 13.2. The Morgan fingerprint density at radius 2 is 2.05 bits per heavy atom. The molecule has 0 unspecified atom stereocenters. The number of fused-ring (bicyclic) bond motifs is 1. The summed E-state index contributed by atoms with van der Waals surface area (Å²) >= 11 is 0. The summed E-state index contributed by atoms with van der Waals surface area (Å²) < 4.78 is 0. The van der Waals surface area contributed by atoms with Crippen LogP contribution in [-0.2, 0) is 0 Å². The Morgan fingerprint density at radius 3 is 2.89 bits per heavy atom. The predicted molar refractivity (Wildman–Crippen MR) is 78.4 cm³/mol. The molecule has 1 heterocycles. The zero-order valence-electron chi connectivity index (χ0n) is 11.3. The monoisotopic (exact) mass is 256 g/mol. The lowest BCUT2D eigenvalue weighted by Gasteiger charge is -2.29. The topological polar surface area (TPSA) is 45.2 Å². The van der Waals surface area contributed by atoms with Crippen molar-refractivity contribution in [1.29, 1.82) is 0 Å². The summed E-state index contributed by atoms with van der Waals surface area (Å²) in [6.07, 6.45) is 5.86. The van der Waals surface area contributed by atoms with E-state index in [2.05, 4.69) is 29.4 Å². The second kappa shape index (κ2) is 5.17. The van der Waals surface area contributed by atoms with E-state index in [1.54, 1.807) is 0 Å². The molecule has 0 radical (unpaired) electrons. The number of aromatic nitrogens is 1. The van der Waals surface area contributed by atoms with Gasteiger partial charge < -0.3 is 10.4 Å². The van der Waals surface area contributed by atoms with Crippen LogP contribution in [0.3, 0.4) is 0 Å². The maximum absolute atomic E-state index is 10.1. The zero-order valence-corrected chi connectivity index (χ0v) is 11.3. The quantitative estimate of drug-likeness (QED) is 0.867. The summed E-state index contributed by atoms with van der Waals surface area (Å²) in [7, 11) is 0. The van der Waals surface area contributed by atoms with E-state index in [-0.39, 0.29) is 12.1 Å². The molecule has 0 aliphatic heterocycles. The lowest BCUT2D eigenvalue weighted by Crippen LogP contribution is -2.36. The van der Waals surface area contributed by atoms with Crippen LogP contribution in [-0.4, -0.2) is 22.2 Å². The first-order chi connectivity index (χ1) is 9.24. The Hall–Kier alpha value is -1.61. The van der Waals surface area contributed by atoms with Crippen LogP contribution < -0.4 is 5.32 Å². The second-order valence-corrected chi connectivity index (χ2v) is 5.48. The first-order valence-corrected chi connectivity index (χ1v) is 7.04. The van der Waals surface area contributed by atoms with Gasteiger partial charge in [0.05, 0.1) is 17.7 Å². The van der Waals surface area contributed by atoms with Crippen molar-refractivity contribution < 1.29 is 5.11 Å². The average Bonchev–Trinajstić information content (AvgIpc) is 2.42. The number of pyridine rings is 1. The summed E-state index contributed by atoms with van der Waals surface area (Å²) in [5.74, 6) is 0. The maximum Gasteiger partial charge on any atom is 0.0741 e. The summed E-state index contributed by atoms with van der Waals surface area (Å²) in [4.78, 5) is 4.39. The normalized spacial score (nSPS) is 23.5. The molecular formula is C16H20N2O. The molecule has 100 valence electrons. The van der Waals surface area contributed by atoms with E-state index in [4.69, 9.17) is 0 Å². The molecule has 1 fully saturated rings. The third kappa shape index (κ3) is 2.56. The van der Waals surface area contributed by atoms with Gasteiger partial charge in [0.1, 0.15) is 0 Å². The van der Waals surface area contributed by atoms with E-state index < -0.39 is 0 Å². The Balaban J connectivity index is 1.93. The van der Waals surface area contributed by atoms with Gasteiger partial charge in [0.2, 0.25) is 0 Å². The fourth-order valence-electron chi connectivity index (χ4n) is 2.87. The third-order valence-corrected chi connectivity index (χ3v) is 3.97. The highest BCUT2D eigenvalue weighted by Crippen LogP contribution is 2.27. The minimum absolute atomic E-state index is 0.167. The van der Waals surface area contributed by atoms with E-state index in [0.29, 0.717) is 0 Å². The molecule has 1 aliphatic carbocycles. The second-order valence-electron chi connectivity index (χ2n) is 5.48. The number of rotatable bonds is 2. The van der Waals surface area contributed by atoms with Crippen LogP contribution in [0, 0.1) is 6.92 Å². The number of anilines is 1. The van der Waals surface area contributed by atoms with Gasteiger partial charge in [-0.25, -0.2) is 0 Å². The molecule has 1 aromatic heterocycles. The van der Waals surface area contributed by atoms with Crippen LogP contribution in [0.4, 0.5) is 5.69 Å². The Morgan fingerprint density at radius 1 is 1.21 bits per heavy atom. The molecular weight excluding hydrogens is 236 g/mol. The molecule has 1 saturated carbocycles. The molecule has 2 N–H and O–H groups in total. The van der Waals surface area contributed by atoms with Crippen molar-refractivity contribution in [3.63, 3.8) is 0 Å². The molecule has 0 spiro atoms. The molecule has 0 amide bonds. The highest BCUT2D eigenvalue weighted by Gasteiger charge is 2.23. The SMILES string of the molecule is Cc1ccc2nccc(N[C@H]3CCCC[C@@H]3O)c2c1. The number of nitrogens with zero attached hydrogens (tertiary/aromatic N) is 1. The minimum atomic E-state index is -0.234. The van der Waals surface area contributed by atoms with Crippen molar-refractivity contribution in [2.24, 2.45) is 0 Å². The number of benzene rings is 1. The number of aliphatic hydroxyl groups excluding tert-OH is 1. The van der Waals surface area contributed by atoms with Gasteiger partial charge >= 0.3 is 0 Å². The van der Waals surface area contributed by atoms with Gasteiger partial charge in [0.25, 0.3) is 0 Å². The van der Waals surface area contributed by atoms with Crippen LogP contribution in [0.5, 0.6) is 0 Å². The lowest BCUT2D eigenvalue weighted by molar-refractivity contribution is 0.116. The fourth-order valence-corrected chi connectivity index (χ4v) is 2.87. The van der Waals surface area contributed by atoms with Crippen molar-refractivity contribution in [1.82, 2.24) is 4.98 Å². The molecule has 0 bridgehead atoms. The van der Waals surface area contributed by atoms with Gasteiger partial charge in [0, 0.05) is 17.3 Å². The molecule has 3 nitrogen and oxygen atoms in total. The first kappa shape index (κ1) is 12.4. The molecule has 1 aliphatic rings. The Labute approximate surface area is 113 Å². The van der Waals surface area contributed by atoms with Crippen molar-refractivity contribution in [2.75, 3.05) is 5.32 Å². The molecule has 3 rings (SSSR count). The van der Waals surface area contributed by atoms with E-state index in [0.717, 1.165) is 35.9 Å². The standard InChI is InChI=1S/C16H20N2O/c1-11-6-7-13-12(10-11)14(8-9-17-13)18-15-4-2-3-5-16(15)19/h6-10,15-16,19H,2-5H2,1H3,(H,17,18)/t15-,16-/m0/s1. The van der Waals surface area contributed by atoms with Crippen LogP contribution in [0.25, 0.3) is 10.9 Å². The summed E-state index contributed by atoms with van der Waals surface area (Å²) in [5, 5.41) is 14.7. The number of nitrogens with one attached hydrogen (secondary N) is 1. The highest BCUT2D eigenvalue weighted by atomic mass is 16.3. The average molecular weight is 256 g/mol. The smallest absolute Gasteiger partial charge is 0.0741 e. The van der Waals surface area contributed by atoms with Crippen molar-refractivity contribution in [3.8, 4) is 0 Å². The summed E-state index contributed by atoms with van der Waals surface area (Å²) in [6, 6.07) is 8.45. The largest absolute Gasteiger partial charge is 0.391 e. The van der Waals surface area contributed by atoms with Gasteiger partial charge in [-0.2, -0.15) is 0 Å². The van der Waals surface area contributed by atoms with Gasteiger partial charge in [0.15, 0.2) is 0 Å². The van der Waals surface area contributed by atoms with Crippen LogP contribution >= 0.6 is 0 Å². The third-order valence-electron chi connectivity index (χ3n) is 3.97. The number of hydrogen-bond donors (Lipinski definition) is 2. The summed E-state index contributed by atoms with van der Waals surface area (Å²) in [5.41, 5.74) is 3.31. The highest BCUT2D eigenvalue weighted by molar-refractivity contribution is 5.91. The number of hydrogen-bond acceptors (Lipinski definition) is 3. The van der Waals surface area contributed by atoms with Crippen LogP contribution in [0.2, 0.25) is 0 Å². The van der Waals surface area contributed by atoms with Crippen LogP contribution in [0.15, 0.2) is 30.5 Å². The lowest BCUT2D eigenvalue weighted by atomic mass is 9.92. The predicted octanol–water partition coefficient (Wildman–Crippen LogP) is 3.26. The maximum atomic E-state index is 10.1. The van der Waals surface area contributed by atoms with Crippen molar-refractivity contribution >= 4 is 16.6 Å². The van der Waals surface area contributed by atoms with E-state index >= 15 is 0 Å². The molecule has 2 aromatic rings. The molecule has 1 aromatic carbocycles. The van der Waals surface area contributed by atoms with Gasteiger partial charge in [-0.3, -0.25) is 4.98 Å². The van der Waals surface area contributed by atoms with Gasteiger partial charge in [-0.15, -0.1) is 0 Å². The summed E-state index contributed by atoms with van der Waals surface area (Å²) in [6.45, 7) is 2.09.